The molecule has 1 saturated heterocycles. The summed E-state index contributed by atoms with van der Waals surface area (Å²) < 4.78 is 5.35. The van der Waals surface area contributed by atoms with Crippen LogP contribution in [0.15, 0.2) is 42.9 Å². The van der Waals surface area contributed by atoms with Crippen LogP contribution in [0, 0.1) is 6.92 Å². The van der Waals surface area contributed by atoms with Crippen molar-refractivity contribution in [3.8, 4) is 0 Å². The molecular weight excluding hydrogens is 394 g/mol. The van der Waals surface area contributed by atoms with E-state index in [9.17, 15) is 4.79 Å². The fraction of sp³-hybridized carbons (Fsp3) is 0.364. The van der Waals surface area contributed by atoms with E-state index in [4.69, 9.17) is 4.74 Å². The Bertz CT molecular complexity index is 1060. The number of hydrogen-bond acceptors (Lipinski definition) is 7. The number of aryl methyl sites for hydroxylation is 1. The van der Waals surface area contributed by atoms with Gasteiger partial charge in [0.15, 0.2) is 6.61 Å². The van der Waals surface area contributed by atoms with Gasteiger partial charge < -0.3 is 20.7 Å². The lowest BCUT2D eigenvalue weighted by atomic mass is 10.1. The van der Waals surface area contributed by atoms with Gasteiger partial charge in [-0.05, 0) is 57.1 Å². The van der Waals surface area contributed by atoms with Crippen molar-refractivity contribution in [2.24, 2.45) is 0 Å². The van der Waals surface area contributed by atoms with Crippen molar-refractivity contribution in [2.75, 3.05) is 25.0 Å². The van der Waals surface area contributed by atoms with Gasteiger partial charge in [0, 0.05) is 35.3 Å². The third kappa shape index (κ3) is 5.79. The van der Waals surface area contributed by atoms with E-state index in [1.807, 2.05) is 31.2 Å². The summed E-state index contributed by atoms with van der Waals surface area (Å²) in [7, 11) is 0. The van der Waals surface area contributed by atoms with E-state index >= 15 is 0 Å². The van der Waals surface area contributed by atoms with Crippen LogP contribution in [0.25, 0.3) is 10.9 Å². The second-order valence-electron chi connectivity index (χ2n) is 7.59. The summed E-state index contributed by atoms with van der Waals surface area (Å²) in [4.78, 5) is 20.9. The molecule has 0 atom stereocenters. The van der Waals surface area contributed by atoms with Crippen molar-refractivity contribution in [1.29, 1.82) is 0 Å². The number of allylic oxidation sites excluding steroid dienone is 1. The quantitative estimate of drug-likeness (QED) is 0.413. The minimum Gasteiger partial charge on any atom is -0.492 e. The van der Waals surface area contributed by atoms with Gasteiger partial charge in [-0.3, -0.25) is 9.89 Å². The molecule has 1 fully saturated rings. The predicted molar refractivity (Wildman–Crippen MR) is 119 cm³/mol. The molecule has 162 valence electrons. The number of hydrogen-bond donors (Lipinski definition) is 4. The third-order valence-electron chi connectivity index (χ3n) is 5.14. The monoisotopic (exact) mass is 421 g/mol. The number of benzene rings is 1. The number of piperidine rings is 1. The number of amides is 1. The Hall–Kier alpha value is -3.46. The van der Waals surface area contributed by atoms with Crippen molar-refractivity contribution in [1.82, 2.24) is 30.8 Å². The van der Waals surface area contributed by atoms with Crippen molar-refractivity contribution < 1.29 is 9.53 Å². The van der Waals surface area contributed by atoms with Gasteiger partial charge in [-0.15, -0.1) is 0 Å². The largest absolute Gasteiger partial charge is 0.492 e. The molecule has 0 bridgehead atoms. The molecule has 0 saturated carbocycles. The lowest BCUT2D eigenvalue weighted by Gasteiger charge is -2.23. The second-order valence-corrected chi connectivity index (χ2v) is 7.59. The normalized spacial score (nSPS) is 14.7. The molecule has 1 amide bonds. The first-order valence-corrected chi connectivity index (χ1v) is 10.5. The van der Waals surface area contributed by atoms with Crippen molar-refractivity contribution in [3.63, 3.8) is 0 Å². The summed E-state index contributed by atoms with van der Waals surface area (Å²) in [5.41, 5.74) is 2.87. The molecule has 1 aliphatic rings. The SMILES string of the molecule is Cc1cnc(C/C=C/OCC(=O)NC2CCNCC2)nc1Nc1ccc2[nH]ncc2c1. The predicted octanol–water partition coefficient (Wildman–Crippen LogP) is 2.35. The Morgan fingerprint density at radius 1 is 1.29 bits per heavy atom. The van der Waals surface area contributed by atoms with Gasteiger partial charge in [-0.25, -0.2) is 9.97 Å². The van der Waals surface area contributed by atoms with Crippen molar-refractivity contribution in [3.05, 3.63) is 54.3 Å². The second kappa shape index (κ2) is 10.0. The standard InChI is InChI=1S/C22H27N7O2/c1-15-12-24-20(3-2-10-31-14-21(30)26-17-6-8-23-9-7-17)28-22(15)27-18-4-5-19-16(11-18)13-25-29-19/h2,4-5,10-13,17,23H,3,6-9,14H2,1H3,(H,25,29)(H,26,30)(H,24,27,28)/b10-2+. The first kappa shape index (κ1) is 20.8. The van der Waals surface area contributed by atoms with E-state index in [2.05, 4.69) is 36.1 Å². The van der Waals surface area contributed by atoms with Crippen LogP contribution in [-0.4, -0.2) is 51.8 Å². The van der Waals surface area contributed by atoms with Gasteiger partial charge in [0.05, 0.1) is 18.0 Å². The smallest absolute Gasteiger partial charge is 0.258 e. The highest BCUT2D eigenvalue weighted by Crippen LogP contribution is 2.21. The number of aromatic nitrogens is 4. The number of H-pyrrole nitrogens is 1. The maximum Gasteiger partial charge on any atom is 0.258 e. The topological polar surface area (TPSA) is 117 Å². The molecule has 9 heteroatoms. The molecule has 31 heavy (non-hydrogen) atoms. The first-order chi connectivity index (χ1) is 15.2. The molecule has 4 N–H and O–H groups in total. The van der Waals surface area contributed by atoms with Crippen molar-refractivity contribution >= 4 is 28.3 Å². The minimum atomic E-state index is -0.0933. The van der Waals surface area contributed by atoms with Crippen LogP contribution in [0.5, 0.6) is 0 Å². The Labute approximate surface area is 180 Å². The molecule has 1 aromatic carbocycles. The Morgan fingerprint density at radius 2 is 2.16 bits per heavy atom. The molecule has 9 nitrogen and oxygen atoms in total. The number of carbonyl (C=O) groups is 1. The van der Waals surface area contributed by atoms with Crippen LogP contribution in [0.3, 0.4) is 0 Å². The molecule has 0 aliphatic carbocycles. The van der Waals surface area contributed by atoms with Crippen LogP contribution in [0.4, 0.5) is 11.5 Å². The number of rotatable bonds is 8. The van der Waals surface area contributed by atoms with E-state index in [0.29, 0.717) is 12.2 Å². The molecule has 0 unspecified atom stereocenters. The summed E-state index contributed by atoms with van der Waals surface area (Å²) in [5, 5.41) is 17.6. The van der Waals surface area contributed by atoms with E-state index < -0.39 is 0 Å². The number of nitrogens with one attached hydrogen (secondary N) is 4. The highest BCUT2D eigenvalue weighted by molar-refractivity contribution is 5.82. The van der Waals surface area contributed by atoms with E-state index in [1.165, 1.54) is 6.26 Å². The van der Waals surface area contributed by atoms with Crippen LogP contribution in [0.2, 0.25) is 0 Å². The van der Waals surface area contributed by atoms with Gasteiger partial charge in [0.1, 0.15) is 11.6 Å². The van der Waals surface area contributed by atoms with E-state index in [0.717, 1.165) is 53.9 Å². The Morgan fingerprint density at radius 3 is 3.03 bits per heavy atom. The molecule has 0 spiro atoms. The third-order valence-corrected chi connectivity index (χ3v) is 5.14. The first-order valence-electron chi connectivity index (χ1n) is 10.5. The van der Waals surface area contributed by atoms with Gasteiger partial charge >= 0.3 is 0 Å². The van der Waals surface area contributed by atoms with Crippen LogP contribution in [-0.2, 0) is 16.0 Å². The highest BCUT2D eigenvalue weighted by atomic mass is 16.5. The number of anilines is 2. The van der Waals surface area contributed by atoms with Gasteiger partial charge in [0.25, 0.3) is 5.91 Å². The zero-order chi connectivity index (χ0) is 21.5. The fourth-order valence-corrected chi connectivity index (χ4v) is 3.44. The lowest BCUT2D eigenvalue weighted by Crippen LogP contribution is -2.43. The summed E-state index contributed by atoms with van der Waals surface area (Å²) in [6, 6.07) is 6.21. The number of ether oxygens (including phenoxy) is 1. The number of nitrogens with zero attached hydrogens (tertiary/aromatic N) is 3. The molecule has 3 aromatic rings. The van der Waals surface area contributed by atoms with Gasteiger partial charge in [0.2, 0.25) is 0 Å². The average Bonchev–Trinajstić information content (AvgIpc) is 3.24. The van der Waals surface area contributed by atoms with Crippen LogP contribution < -0.4 is 16.0 Å². The summed E-state index contributed by atoms with van der Waals surface area (Å²) >= 11 is 0. The van der Waals surface area contributed by atoms with Crippen LogP contribution in [0.1, 0.15) is 24.2 Å². The van der Waals surface area contributed by atoms with Gasteiger partial charge in [-0.2, -0.15) is 5.10 Å². The Kier molecular flexibility index (Phi) is 6.73. The number of aromatic amines is 1. The summed E-state index contributed by atoms with van der Waals surface area (Å²) in [5.74, 6) is 1.32. The zero-order valence-corrected chi connectivity index (χ0v) is 17.5. The number of carbonyl (C=O) groups excluding carboxylic acids is 1. The maximum atomic E-state index is 11.9. The van der Waals surface area contributed by atoms with Gasteiger partial charge in [-0.1, -0.05) is 0 Å². The lowest BCUT2D eigenvalue weighted by molar-refractivity contribution is -0.124. The summed E-state index contributed by atoms with van der Waals surface area (Å²) in [6.45, 7) is 3.86. The molecule has 0 radical (unpaired) electrons. The molecule has 4 rings (SSSR count). The molecular formula is C22H27N7O2. The average molecular weight is 422 g/mol. The minimum absolute atomic E-state index is 0.0124. The van der Waals surface area contributed by atoms with E-state index in [1.54, 1.807) is 12.4 Å². The Balaban J connectivity index is 1.27. The summed E-state index contributed by atoms with van der Waals surface area (Å²) in [6.07, 6.45) is 9.34. The number of fused-ring (bicyclic) bond motifs is 1. The molecule has 2 aromatic heterocycles. The zero-order valence-electron chi connectivity index (χ0n) is 17.5. The molecule has 3 heterocycles. The van der Waals surface area contributed by atoms with Crippen LogP contribution >= 0.6 is 0 Å². The fourth-order valence-electron chi connectivity index (χ4n) is 3.44. The highest BCUT2D eigenvalue weighted by Gasteiger charge is 2.15. The molecule has 1 aliphatic heterocycles. The maximum absolute atomic E-state index is 11.9. The van der Waals surface area contributed by atoms with E-state index in [-0.39, 0.29) is 18.6 Å². The van der Waals surface area contributed by atoms with Crippen molar-refractivity contribution in [2.45, 2.75) is 32.2 Å².